The number of rotatable bonds is 3. The van der Waals surface area contributed by atoms with Crippen molar-refractivity contribution in [3.63, 3.8) is 0 Å². The van der Waals surface area contributed by atoms with E-state index in [1.165, 1.54) is 22.3 Å². The van der Waals surface area contributed by atoms with Crippen molar-refractivity contribution in [2.45, 2.75) is 10.4 Å². The average molecular weight is 410 g/mol. The van der Waals surface area contributed by atoms with Gasteiger partial charge < -0.3 is 0 Å². The molecule has 1 unspecified atom stereocenters. The summed E-state index contributed by atoms with van der Waals surface area (Å²) < 4.78 is 2.20. The Labute approximate surface area is 148 Å². The van der Waals surface area contributed by atoms with E-state index < -0.39 is 0 Å². The summed E-state index contributed by atoms with van der Waals surface area (Å²) in [6, 6.07) is 30.8. The maximum absolute atomic E-state index is 2.53. The molecule has 0 bridgehead atoms. The van der Waals surface area contributed by atoms with Crippen molar-refractivity contribution in [2.75, 3.05) is 0 Å². The molecule has 112 valence electrons. The number of benzene rings is 3. The third-order valence-electron chi connectivity index (χ3n) is 4.21. The van der Waals surface area contributed by atoms with Gasteiger partial charge in [0.1, 0.15) is 0 Å². The van der Waals surface area contributed by atoms with E-state index in [-0.39, 0.29) is 20.9 Å². The summed E-state index contributed by atoms with van der Waals surface area (Å²) in [5.74, 6) is 0. The average Bonchev–Trinajstić information content (AvgIpc) is 2.63. The second-order valence-electron chi connectivity index (χ2n) is 5.80. The predicted molar refractivity (Wildman–Crippen MR) is 99.1 cm³/mol. The van der Waals surface area contributed by atoms with Gasteiger partial charge in [-0.05, 0) is 0 Å². The van der Waals surface area contributed by atoms with Crippen molar-refractivity contribution in [3.05, 3.63) is 108 Å². The van der Waals surface area contributed by atoms with Crippen molar-refractivity contribution >= 4 is 30.1 Å². The van der Waals surface area contributed by atoms with Crippen LogP contribution in [0.25, 0.3) is 5.57 Å². The first kappa shape index (κ1) is 14.8. The van der Waals surface area contributed by atoms with Crippen molar-refractivity contribution in [2.24, 2.45) is 0 Å². The van der Waals surface area contributed by atoms with Gasteiger partial charge in [0.25, 0.3) is 0 Å². The molecule has 0 spiro atoms. The molecule has 0 amide bonds. The molecule has 1 aliphatic rings. The molecule has 3 aromatic carbocycles. The zero-order valence-electron chi connectivity index (χ0n) is 12.9. The standard InChI is InChI=1S/C22H18Te/c1-3-9-17(10-4-1)15-19-16-22(18-11-5-2-6-12-18)23-21-14-8-7-13-20(19)21/h1-14,16,22H,15H2. The van der Waals surface area contributed by atoms with Gasteiger partial charge >= 0.3 is 148 Å². The molecule has 0 N–H and O–H groups in total. The molecule has 4 rings (SSSR count). The molecule has 0 saturated heterocycles. The summed E-state index contributed by atoms with van der Waals surface area (Å²) >= 11 is -0.234. The van der Waals surface area contributed by atoms with Gasteiger partial charge in [-0.3, -0.25) is 0 Å². The second-order valence-corrected chi connectivity index (χ2v) is 9.18. The van der Waals surface area contributed by atoms with Gasteiger partial charge in [0.15, 0.2) is 0 Å². The van der Waals surface area contributed by atoms with Gasteiger partial charge in [-0.15, -0.1) is 0 Å². The number of allylic oxidation sites excluding steroid dienone is 2. The van der Waals surface area contributed by atoms with Crippen LogP contribution >= 0.6 is 0 Å². The van der Waals surface area contributed by atoms with Crippen molar-refractivity contribution in [3.8, 4) is 0 Å². The van der Waals surface area contributed by atoms with Gasteiger partial charge in [0, 0.05) is 0 Å². The summed E-state index contributed by atoms with van der Waals surface area (Å²) in [7, 11) is 0. The van der Waals surface area contributed by atoms with E-state index >= 15 is 0 Å². The molecule has 0 radical (unpaired) electrons. The molecule has 1 aliphatic heterocycles. The van der Waals surface area contributed by atoms with E-state index in [4.69, 9.17) is 0 Å². The molecule has 0 saturated carbocycles. The van der Waals surface area contributed by atoms with Crippen LogP contribution in [0.4, 0.5) is 0 Å². The fourth-order valence-corrected chi connectivity index (χ4v) is 6.71. The van der Waals surface area contributed by atoms with Gasteiger partial charge in [0.2, 0.25) is 0 Å². The summed E-state index contributed by atoms with van der Waals surface area (Å²) in [5, 5.41) is 0. The fourth-order valence-electron chi connectivity index (χ4n) is 3.05. The second kappa shape index (κ2) is 6.75. The Kier molecular flexibility index (Phi) is 4.33. The SMILES string of the molecule is C1=C(Cc2ccccc2)c2ccccc2[Te]C1c1ccccc1. The minimum absolute atomic E-state index is 0.234. The molecule has 1 heteroatoms. The van der Waals surface area contributed by atoms with E-state index in [1.807, 2.05) is 0 Å². The van der Waals surface area contributed by atoms with Crippen LogP contribution in [0.5, 0.6) is 0 Å². The quantitative estimate of drug-likeness (QED) is 0.562. The zero-order chi connectivity index (χ0) is 15.5. The van der Waals surface area contributed by atoms with Crippen LogP contribution in [-0.4, -0.2) is 20.9 Å². The van der Waals surface area contributed by atoms with Crippen LogP contribution in [0.15, 0.2) is 91.0 Å². The van der Waals surface area contributed by atoms with Gasteiger partial charge in [-0.2, -0.15) is 0 Å². The Balaban J connectivity index is 1.74. The summed E-state index contributed by atoms with van der Waals surface area (Å²) in [6.45, 7) is 0. The maximum atomic E-state index is 2.53. The molecule has 0 nitrogen and oxygen atoms in total. The molecular formula is C22H18Te. The number of hydrogen-bond donors (Lipinski definition) is 0. The van der Waals surface area contributed by atoms with Gasteiger partial charge in [-0.25, -0.2) is 0 Å². The van der Waals surface area contributed by atoms with E-state index in [9.17, 15) is 0 Å². The van der Waals surface area contributed by atoms with Crippen LogP contribution in [-0.2, 0) is 6.42 Å². The zero-order valence-corrected chi connectivity index (χ0v) is 15.2. The first-order valence-electron chi connectivity index (χ1n) is 7.96. The Morgan fingerprint density at radius 1 is 0.696 bits per heavy atom. The molecular weight excluding hydrogens is 392 g/mol. The van der Waals surface area contributed by atoms with Gasteiger partial charge in [-0.1, -0.05) is 0 Å². The Hall–Kier alpha value is -1.81. The van der Waals surface area contributed by atoms with Crippen molar-refractivity contribution in [1.29, 1.82) is 0 Å². The summed E-state index contributed by atoms with van der Waals surface area (Å²) in [5.41, 5.74) is 5.82. The Morgan fingerprint density at radius 2 is 1.35 bits per heavy atom. The first-order chi connectivity index (χ1) is 11.4. The van der Waals surface area contributed by atoms with Gasteiger partial charge in [0.05, 0.1) is 0 Å². The Morgan fingerprint density at radius 3 is 2.13 bits per heavy atom. The van der Waals surface area contributed by atoms with Crippen LogP contribution in [0, 0.1) is 0 Å². The van der Waals surface area contributed by atoms with Crippen LogP contribution < -0.4 is 3.61 Å². The Bertz CT molecular complexity index is 819. The van der Waals surface area contributed by atoms with Crippen LogP contribution in [0.2, 0.25) is 0 Å². The molecule has 0 aromatic heterocycles. The topological polar surface area (TPSA) is 0 Å². The summed E-state index contributed by atoms with van der Waals surface area (Å²) in [4.78, 5) is 0. The van der Waals surface area contributed by atoms with Crippen molar-refractivity contribution in [1.82, 2.24) is 0 Å². The van der Waals surface area contributed by atoms with Crippen molar-refractivity contribution < 1.29 is 0 Å². The minimum atomic E-state index is -0.234. The van der Waals surface area contributed by atoms with E-state index in [2.05, 4.69) is 91.0 Å². The summed E-state index contributed by atoms with van der Waals surface area (Å²) in [6.07, 6.45) is 3.56. The molecule has 23 heavy (non-hydrogen) atoms. The molecule has 1 atom stereocenters. The van der Waals surface area contributed by atoms with Crippen LogP contribution in [0.1, 0.15) is 20.7 Å². The predicted octanol–water partition coefficient (Wildman–Crippen LogP) is 4.40. The number of fused-ring (bicyclic) bond motifs is 1. The number of hydrogen-bond acceptors (Lipinski definition) is 0. The molecule has 0 fully saturated rings. The fraction of sp³-hybridized carbons (Fsp3) is 0.0909. The third-order valence-corrected chi connectivity index (χ3v) is 7.84. The molecule has 3 aromatic rings. The first-order valence-corrected chi connectivity index (χ1v) is 10.5. The molecule has 1 heterocycles. The van der Waals surface area contributed by atoms with E-state index in [0.717, 1.165) is 6.42 Å². The van der Waals surface area contributed by atoms with Crippen LogP contribution in [0.3, 0.4) is 0 Å². The van der Waals surface area contributed by atoms with E-state index in [1.54, 1.807) is 3.61 Å². The molecule has 0 aliphatic carbocycles. The van der Waals surface area contributed by atoms with E-state index in [0.29, 0.717) is 3.97 Å². The monoisotopic (exact) mass is 412 g/mol. The third kappa shape index (κ3) is 3.27. The normalized spacial score (nSPS) is 16.5.